The number of aliphatic hydroxyl groups excluding tert-OH is 1. The van der Waals surface area contributed by atoms with Gasteiger partial charge in [-0.25, -0.2) is 15.0 Å². The Hall–Kier alpha value is -6.76. The van der Waals surface area contributed by atoms with Crippen LogP contribution in [0.2, 0.25) is 0 Å². The molecule has 4 N–H and O–H groups in total. The van der Waals surface area contributed by atoms with Gasteiger partial charge in [0.05, 0.1) is 98.9 Å². The maximum Gasteiger partial charge on any atom is 0.263 e. The molecule has 3 fully saturated rings. The number of thiazole rings is 1. The van der Waals surface area contributed by atoms with E-state index in [1.807, 2.05) is 74.5 Å². The summed E-state index contributed by atoms with van der Waals surface area (Å²) >= 11 is 1.57. The lowest BCUT2D eigenvalue weighted by atomic mass is 9.85. The maximum atomic E-state index is 14.0. The topological polar surface area (TPSA) is 262 Å². The fourth-order valence-corrected chi connectivity index (χ4v) is 11.4. The second-order valence-electron chi connectivity index (χ2n) is 21.9. The van der Waals surface area contributed by atoms with Crippen molar-refractivity contribution in [3.05, 3.63) is 87.0 Å². The molecule has 1 aromatic carbocycles. The van der Waals surface area contributed by atoms with E-state index in [4.69, 9.17) is 23.9 Å². The van der Waals surface area contributed by atoms with Crippen molar-refractivity contribution in [3.8, 4) is 10.4 Å². The summed E-state index contributed by atoms with van der Waals surface area (Å²) in [6.07, 6.45) is 6.70. The molecule has 4 amide bonds. The highest BCUT2D eigenvalue weighted by molar-refractivity contribution is 7.13. The molecule has 22 nitrogen and oxygen atoms in total. The van der Waals surface area contributed by atoms with Crippen molar-refractivity contribution >= 4 is 69.2 Å². The number of aromatic nitrogens is 5. The molecule has 8 rings (SSSR count). The third-order valence-electron chi connectivity index (χ3n) is 15.0. The quantitative estimate of drug-likeness (QED) is 0.0405. The third kappa shape index (κ3) is 15.8. The normalized spacial score (nSPS) is 17.2. The maximum absolute atomic E-state index is 14.0. The second kappa shape index (κ2) is 28.3. The second-order valence-corrected chi connectivity index (χ2v) is 22.7. The first-order valence-electron chi connectivity index (χ1n) is 28.0. The van der Waals surface area contributed by atoms with Crippen LogP contribution in [-0.2, 0) is 44.7 Å². The lowest BCUT2D eigenvalue weighted by Gasteiger charge is -2.36. The van der Waals surface area contributed by atoms with Crippen LogP contribution in [0.15, 0.2) is 59.1 Å². The standard InChI is InChI=1S/C58H77N11O11S/c1-37-45-34-61-57(65-53(45)69(42-9-7-8-10-42)55(75)50(37)39(3)70)63-47-16-15-43(33-59-47)66-19-21-67(22-20-66)49(73)18-24-78-26-28-80-30-29-79-27-25-77-23-17-48(72)64-52(58(4,5)6)56(76)68-35-44(71)31-46(68)54(74)60-32-40-11-13-41(14-12-40)51-38(2)62-36-81-51/h11-16,33-34,36,42,44,46,52,71H,7-10,17-32,35H2,1-6H3,(H,60,74)(H,64,72)(H,59,61,63,65)/t44-,46+,52-/m1/s1. The van der Waals surface area contributed by atoms with Gasteiger partial charge < -0.3 is 54.7 Å². The number of ether oxygens (including phenoxy) is 4. The summed E-state index contributed by atoms with van der Waals surface area (Å²) in [5.74, 6) is -0.564. The Morgan fingerprint density at radius 3 is 2.07 bits per heavy atom. The van der Waals surface area contributed by atoms with Gasteiger partial charge in [-0.3, -0.25) is 33.3 Å². The molecule has 2 aliphatic heterocycles. The zero-order chi connectivity index (χ0) is 57.6. The highest BCUT2D eigenvalue weighted by Crippen LogP contribution is 2.33. The summed E-state index contributed by atoms with van der Waals surface area (Å²) in [6, 6.07) is 9.83. The van der Waals surface area contributed by atoms with Gasteiger partial charge in [0.1, 0.15) is 23.5 Å². The number of aliphatic hydroxyl groups is 1. The van der Waals surface area contributed by atoms with E-state index < -0.39 is 29.5 Å². The molecule has 1 saturated carbocycles. The zero-order valence-electron chi connectivity index (χ0n) is 47.4. The van der Waals surface area contributed by atoms with Gasteiger partial charge in [0.15, 0.2) is 5.78 Å². The van der Waals surface area contributed by atoms with Crippen LogP contribution in [0.25, 0.3) is 21.5 Å². The number of pyridine rings is 2. The predicted octanol–water partition coefficient (Wildman–Crippen LogP) is 5.29. The molecule has 1 aliphatic carbocycles. The monoisotopic (exact) mass is 1140 g/mol. The smallest absolute Gasteiger partial charge is 0.263 e. The fourth-order valence-electron chi connectivity index (χ4n) is 10.5. The number of fused-ring (bicyclic) bond motifs is 1. The minimum absolute atomic E-state index is 0.0124. The molecule has 23 heteroatoms. The number of aryl methyl sites for hydroxylation is 2. The molecule has 3 aliphatic rings. The van der Waals surface area contributed by atoms with Crippen LogP contribution in [-0.4, -0.2) is 173 Å². The van der Waals surface area contributed by atoms with E-state index in [9.17, 15) is 33.9 Å². The van der Waals surface area contributed by atoms with Crippen LogP contribution in [0, 0.1) is 19.3 Å². The largest absolute Gasteiger partial charge is 0.391 e. The number of rotatable bonds is 26. The number of β-amino-alcohol motifs (C(OH)–C–C–N with tert-alkyl or cyclic N) is 1. The summed E-state index contributed by atoms with van der Waals surface area (Å²) in [4.78, 5) is 104. The zero-order valence-corrected chi connectivity index (χ0v) is 48.2. The molecule has 5 aromatic rings. The van der Waals surface area contributed by atoms with Crippen molar-refractivity contribution in [2.24, 2.45) is 5.41 Å². The minimum Gasteiger partial charge on any atom is -0.391 e. The highest BCUT2D eigenvalue weighted by atomic mass is 32.1. The summed E-state index contributed by atoms with van der Waals surface area (Å²) in [5, 5.41) is 20.2. The lowest BCUT2D eigenvalue weighted by Crippen LogP contribution is -2.57. The number of nitrogens with zero attached hydrogens (tertiary/aromatic N) is 8. The average molecular weight is 1140 g/mol. The van der Waals surface area contributed by atoms with Gasteiger partial charge in [0, 0.05) is 69.7 Å². The first-order valence-corrected chi connectivity index (χ1v) is 28.9. The van der Waals surface area contributed by atoms with Gasteiger partial charge in [-0.15, -0.1) is 11.3 Å². The first kappa shape index (κ1) is 60.3. The third-order valence-corrected chi connectivity index (χ3v) is 16.0. The Kier molecular flexibility index (Phi) is 21.1. The number of benzene rings is 1. The fraction of sp³-hybridized carbons (Fsp3) is 0.552. The summed E-state index contributed by atoms with van der Waals surface area (Å²) in [6.45, 7) is 15.7. The summed E-state index contributed by atoms with van der Waals surface area (Å²) < 4.78 is 24.2. The van der Waals surface area contributed by atoms with E-state index >= 15 is 0 Å². The van der Waals surface area contributed by atoms with Gasteiger partial charge >= 0.3 is 0 Å². The van der Waals surface area contributed by atoms with E-state index in [1.165, 1.54) is 11.8 Å². The lowest BCUT2D eigenvalue weighted by molar-refractivity contribution is -0.144. The number of ketones is 1. The predicted molar refractivity (Wildman–Crippen MR) is 307 cm³/mol. The molecule has 81 heavy (non-hydrogen) atoms. The van der Waals surface area contributed by atoms with E-state index in [-0.39, 0.29) is 92.8 Å². The van der Waals surface area contributed by atoms with Crippen molar-refractivity contribution < 1.29 is 48.0 Å². The number of likely N-dealkylation sites (tertiary alicyclic amines) is 1. The van der Waals surface area contributed by atoms with Crippen molar-refractivity contribution in [1.82, 2.24) is 44.9 Å². The molecular weight excluding hydrogens is 1060 g/mol. The Bertz CT molecular complexity index is 3020. The van der Waals surface area contributed by atoms with Crippen molar-refractivity contribution in [2.75, 3.05) is 95.8 Å². The van der Waals surface area contributed by atoms with Crippen molar-refractivity contribution in [3.63, 3.8) is 0 Å². The van der Waals surface area contributed by atoms with E-state index in [2.05, 4.69) is 35.8 Å². The number of piperazine rings is 1. The van der Waals surface area contributed by atoms with Crippen molar-refractivity contribution in [2.45, 2.75) is 117 Å². The number of hydrogen-bond acceptors (Lipinski definition) is 18. The number of carbonyl (C=O) groups is 5. The van der Waals surface area contributed by atoms with Crippen LogP contribution >= 0.6 is 11.3 Å². The van der Waals surface area contributed by atoms with Gasteiger partial charge in [-0.2, -0.15) is 4.98 Å². The van der Waals surface area contributed by atoms with Gasteiger partial charge in [-0.1, -0.05) is 57.9 Å². The minimum atomic E-state index is -0.942. The number of Topliss-reactive ketones (excluding diaryl/α,β-unsaturated/α-hetero) is 1. The summed E-state index contributed by atoms with van der Waals surface area (Å²) in [7, 11) is 0. The van der Waals surface area contributed by atoms with E-state index in [0.29, 0.717) is 87.6 Å². The van der Waals surface area contributed by atoms with Crippen LogP contribution in [0.1, 0.15) is 106 Å². The van der Waals surface area contributed by atoms with E-state index in [0.717, 1.165) is 53.1 Å². The average Bonchev–Trinajstić information content (AvgIpc) is 4.33. The van der Waals surface area contributed by atoms with Crippen LogP contribution in [0.3, 0.4) is 0 Å². The first-order chi connectivity index (χ1) is 39.0. The number of amides is 4. The molecule has 0 unspecified atom stereocenters. The molecular formula is C58H77N11O11S. The van der Waals surface area contributed by atoms with Crippen LogP contribution in [0.4, 0.5) is 17.5 Å². The Morgan fingerprint density at radius 2 is 1.47 bits per heavy atom. The SMILES string of the molecule is CC(=O)c1c(C)c2cnc(Nc3ccc(N4CCN(C(=O)CCOCCOCCOCCOCCC(=O)N[C@H](C(=O)N5C[C@H](O)C[C@H]5C(=O)NCc5ccc(-c6scnc6C)cc5)C(C)(C)C)CC4)cn3)nc2n(C2CCCC2)c1=O. The summed E-state index contributed by atoms with van der Waals surface area (Å²) in [5.41, 5.74) is 5.94. The molecule has 0 radical (unpaired) electrons. The number of carbonyl (C=O) groups excluding carboxylic acids is 5. The molecule has 0 spiro atoms. The highest BCUT2D eigenvalue weighted by Gasteiger charge is 2.44. The molecule has 0 bridgehead atoms. The Labute approximate surface area is 476 Å². The number of hydrogen-bond donors (Lipinski definition) is 4. The van der Waals surface area contributed by atoms with Gasteiger partial charge in [0.25, 0.3) is 5.56 Å². The van der Waals surface area contributed by atoms with Gasteiger partial charge in [0.2, 0.25) is 29.6 Å². The van der Waals surface area contributed by atoms with Crippen molar-refractivity contribution in [1.29, 1.82) is 0 Å². The molecule has 436 valence electrons. The van der Waals surface area contributed by atoms with Crippen LogP contribution in [0.5, 0.6) is 0 Å². The van der Waals surface area contributed by atoms with Gasteiger partial charge in [-0.05, 0) is 67.9 Å². The Morgan fingerprint density at radius 1 is 0.815 bits per heavy atom. The van der Waals surface area contributed by atoms with E-state index in [1.54, 1.807) is 35.2 Å². The molecule has 2 saturated heterocycles. The molecule has 6 heterocycles. The number of anilines is 3. The Balaban J connectivity index is 0.648. The molecule has 3 atom stereocenters. The molecule has 4 aromatic heterocycles. The number of nitrogens with one attached hydrogen (secondary N) is 3. The van der Waals surface area contributed by atoms with Crippen LogP contribution < -0.4 is 26.4 Å².